The molecule has 1 saturated heterocycles. The van der Waals surface area contributed by atoms with Crippen LogP contribution in [0.3, 0.4) is 0 Å². The van der Waals surface area contributed by atoms with Gasteiger partial charge >= 0.3 is 0 Å². The third kappa shape index (κ3) is 2.81. The molecule has 20 heavy (non-hydrogen) atoms. The highest BCUT2D eigenvalue weighted by Gasteiger charge is 2.45. The molecule has 1 unspecified atom stereocenters. The van der Waals surface area contributed by atoms with Crippen LogP contribution < -0.4 is 5.32 Å². The van der Waals surface area contributed by atoms with E-state index in [1.807, 2.05) is 11.3 Å². The minimum Gasteiger partial charge on any atom is -0.315 e. The minimum atomic E-state index is 0.460. The fraction of sp³-hybridized carbons (Fsp3) is 0.765. The Labute approximate surface area is 127 Å². The topological polar surface area (TPSA) is 15.3 Å². The van der Waals surface area contributed by atoms with Crippen LogP contribution in [0.15, 0.2) is 16.8 Å². The summed E-state index contributed by atoms with van der Waals surface area (Å²) in [5.74, 6) is 0. The molecule has 0 amide bonds. The van der Waals surface area contributed by atoms with Crippen molar-refractivity contribution in [3.05, 3.63) is 22.4 Å². The highest BCUT2D eigenvalue weighted by Crippen LogP contribution is 2.41. The summed E-state index contributed by atoms with van der Waals surface area (Å²) in [4.78, 5) is 2.83. The highest BCUT2D eigenvalue weighted by atomic mass is 32.1. The average Bonchev–Trinajstić information content (AvgIpc) is 3.22. The van der Waals surface area contributed by atoms with Crippen molar-refractivity contribution >= 4 is 11.3 Å². The Bertz CT molecular complexity index is 389. The SMILES string of the molecule is CNC(CCc1ccsc1)C1(N2CCCC2)CCCC1. The van der Waals surface area contributed by atoms with Crippen LogP contribution in [-0.4, -0.2) is 36.6 Å². The summed E-state index contributed by atoms with van der Waals surface area (Å²) in [6.07, 6.45) is 11.0. The van der Waals surface area contributed by atoms with Crippen LogP contribution in [-0.2, 0) is 6.42 Å². The van der Waals surface area contributed by atoms with E-state index >= 15 is 0 Å². The fourth-order valence-electron chi connectivity index (χ4n) is 4.46. The average molecular weight is 292 g/mol. The zero-order chi connectivity index (χ0) is 13.8. The first-order chi connectivity index (χ1) is 9.85. The molecular formula is C17H28N2S. The van der Waals surface area contributed by atoms with Crippen molar-refractivity contribution < 1.29 is 0 Å². The molecule has 1 aromatic rings. The summed E-state index contributed by atoms with van der Waals surface area (Å²) >= 11 is 1.82. The van der Waals surface area contributed by atoms with Crippen LogP contribution in [0.25, 0.3) is 0 Å². The quantitative estimate of drug-likeness (QED) is 0.860. The molecule has 112 valence electrons. The van der Waals surface area contributed by atoms with Gasteiger partial charge in [0, 0.05) is 11.6 Å². The Morgan fingerprint density at radius 3 is 2.60 bits per heavy atom. The van der Waals surface area contributed by atoms with Crippen molar-refractivity contribution in [1.82, 2.24) is 10.2 Å². The maximum atomic E-state index is 3.69. The van der Waals surface area contributed by atoms with Crippen molar-refractivity contribution in [2.75, 3.05) is 20.1 Å². The zero-order valence-corrected chi connectivity index (χ0v) is 13.6. The molecule has 0 aromatic carbocycles. The first-order valence-corrected chi connectivity index (χ1v) is 9.23. The number of rotatable bonds is 6. The number of thiophene rings is 1. The second-order valence-corrected chi connectivity index (χ2v) is 7.30. The van der Waals surface area contributed by atoms with E-state index in [2.05, 4.69) is 34.1 Å². The number of aryl methyl sites for hydroxylation is 1. The molecule has 0 spiro atoms. The number of likely N-dealkylation sites (tertiary alicyclic amines) is 1. The van der Waals surface area contributed by atoms with Gasteiger partial charge in [-0.1, -0.05) is 12.8 Å². The van der Waals surface area contributed by atoms with E-state index < -0.39 is 0 Å². The predicted octanol–water partition coefficient (Wildman–Crippen LogP) is 3.68. The summed E-state index contributed by atoms with van der Waals surface area (Å²) in [5, 5.41) is 8.20. The smallest absolute Gasteiger partial charge is 0.0362 e. The van der Waals surface area contributed by atoms with Crippen molar-refractivity contribution in [3.8, 4) is 0 Å². The number of nitrogens with one attached hydrogen (secondary N) is 1. The molecule has 0 radical (unpaired) electrons. The van der Waals surface area contributed by atoms with Gasteiger partial charge in [0.25, 0.3) is 0 Å². The molecule has 1 aliphatic heterocycles. The Kier molecular flexibility index (Phi) is 4.79. The normalized spacial score (nSPS) is 24.2. The van der Waals surface area contributed by atoms with Crippen LogP contribution in [0, 0.1) is 0 Å². The first-order valence-electron chi connectivity index (χ1n) is 8.28. The molecule has 2 heterocycles. The Morgan fingerprint density at radius 2 is 2.00 bits per heavy atom. The van der Waals surface area contributed by atoms with Gasteiger partial charge in [-0.3, -0.25) is 4.90 Å². The van der Waals surface area contributed by atoms with E-state index in [-0.39, 0.29) is 0 Å². The summed E-state index contributed by atoms with van der Waals surface area (Å²) in [5.41, 5.74) is 1.98. The fourth-order valence-corrected chi connectivity index (χ4v) is 5.17. The molecule has 3 rings (SSSR count). The van der Waals surface area contributed by atoms with E-state index in [9.17, 15) is 0 Å². The van der Waals surface area contributed by atoms with Gasteiger partial charge in [0.2, 0.25) is 0 Å². The zero-order valence-electron chi connectivity index (χ0n) is 12.7. The van der Waals surface area contributed by atoms with E-state index in [0.29, 0.717) is 11.6 Å². The molecule has 3 heteroatoms. The highest BCUT2D eigenvalue weighted by molar-refractivity contribution is 7.07. The Morgan fingerprint density at radius 1 is 1.25 bits per heavy atom. The first kappa shape index (κ1) is 14.6. The molecule has 1 aromatic heterocycles. The van der Waals surface area contributed by atoms with Gasteiger partial charge in [-0.05, 0) is 81.1 Å². The van der Waals surface area contributed by atoms with Crippen LogP contribution in [0.5, 0.6) is 0 Å². The summed E-state index contributed by atoms with van der Waals surface area (Å²) in [6, 6.07) is 2.94. The molecule has 1 saturated carbocycles. The second-order valence-electron chi connectivity index (χ2n) is 6.52. The lowest BCUT2D eigenvalue weighted by atomic mass is 9.83. The number of hydrogen-bond acceptors (Lipinski definition) is 3. The lowest BCUT2D eigenvalue weighted by Crippen LogP contribution is -2.58. The monoisotopic (exact) mass is 292 g/mol. The molecular weight excluding hydrogens is 264 g/mol. The van der Waals surface area contributed by atoms with E-state index in [1.54, 1.807) is 0 Å². The van der Waals surface area contributed by atoms with Gasteiger partial charge in [0.1, 0.15) is 0 Å². The largest absolute Gasteiger partial charge is 0.315 e. The van der Waals surface area contributed by atoms with Crippen molar-refractivity contribution in [3.63, 3.8) is 0 Å². The maximum absolute atomic E-state index is 3.69. The van der Waals surface area contributed by atoms with Crippen molar-refractivity contribution in [2.24, 2.45) is 0 Å². The molecule has 2 nitrogen and oxygen atoms in total. The lowest BCUT2D eigenvalue weighted by molar-refractivity contribution is 0.0763. The Balaban J connectivity index is 1.70. The molecule has 1 aliphatic carbocycles. The Hall–Kier alpha value is -0.380. The van der Waals surface area contributed by atoms with E-state index in [0.717, 1.165) is 0 Å². The van der Waals surface area contributed by atoms with Gasteiger partial charge in [-0.2, -0.15) is 11.3 Å². The number of likely N-dealkylation sites (N-methyl/N-ethyl adjacent to an activating group) is 1. The second kappa shape index (κ2) is 6.59. The summed E-state index contributed by atoms with van der Waals surface area (Å²) in [6.45, 7) is 2.66. The van der Waals surface area contributed by atoms with E-state index in [1.165, 1.54) is 70.0 Å². The van der Waals surface area contributed by atoms with E-state index in [4.69, 9.17) is 0 Å². The minimum absolute atomic E-state index is 0.460. The molecule has 2 fully saturated rings. The number of nitrogens with zero attached hydrogens (tertiary/aromatic N) is 1. The van der Waals surface area contributed by atoms with Crippen LogP contribution >= 0.6 is 11.3 Å². The van der Waals surface area contributed by atoms with Crippen LogP contribution in [0.4, 0.5) is 0 Å². The maximum Gasteiger partial charge on any atom is 0.0362 e. The predicted molar refractivity (Wildman–Crippen MR) is 87.5 cm³/mol. The third-order valence-electron chi connectivity index (χ3n) is 5.50. The standard InChI is InChI=1S/C17H28N2S/c1-18-16(7-6-15-8-13-20-14-15)17(9-2-3-10-17)19-11-4-5-12-19/h8,13-14,16,18H,2-7,9-12H2,1H3. The van der Waals surface area contributed by atoms with Crippen LogP contribution in [0.2, 0.25) is 0 Å². The third-order valence-corrected chi connectivity index (χ3v) is 6.24. The molecule has 2 aliphatic rings. The molecule has 1 N–H and O–H groups in total. The van der Waals surface area contributed by atoms with Gasteiger partial charge < -0.3 is 5.32 Å². The van der Waals surface area contributed by atoms with Gasteiger partial charge in [0.15, 0.2) is 0 Å². The summed E-state index contributed by atoms with van der Waals surface area (Å²) < 4.78 is 0. The number of hydrogen-bond donors (Lipinski definition) is 1. The van der Waals surface area contributed by atoms with Gasteiger partial charge in [0.05, 0.1) is 0 Å². The summed E-state index contributed by atoms with van der Waals surface area (Å²) in [7, 11) is 2.18. The van der Waals surface area contributed by atoms with Gasteiger partial charge in [-0.25, -0.2) is 0 Å². The lowest BCUT2D eigenvalue weighted by Gasteiger charge is -2.45. The van der Waals surface area contributed by atoms with Crippen LogP contribution in [0.1, 0.15) is 50.5 Å². The molecule has 1 atom stereocenters. The van der Waals surface area contributed by atoms with Crippen molar-refractivity contribution in [2.45, 2.75) is 62.9 Å². The van der Waals surface area contributed by atoms with Gasteiger partial charge in [-0.15, -0.1) is 0 Å². The molecule has 0 bridgehead atoms. The van der Waals surface area contributed by atoms with Crippen molar-refractivity contribution in [1.29, 1.82) is 0 Å².